The number of carbonyl (C=O) groups is 3. The van der Waals surface area contributed by atoms with Crippen LogP contribution in [0.3, 0.4) is 0 Å². The minimum Gasteiger partial charge on any atom is -0.480 e. The van der Waals surface area contributed by atoms with E-state index < -0.39 is 18.0 Å². The van der Waals surface area contributed by atoms with Crippen molar-refractivity contribution in [2.45, 2.75) is 6.92 Å². The third-order valence-electron chi connectivity index (χ3n) is 5.52. The number of nitrogens with zero attached hydrogens (tertiary/aromatic N) is 5. The number of carbonyl (C=O) groups excluding carboxylic acids is 3. The number of methoxy groups -OCH3 is 3. The highest BCUT2D eigenvalue weighted by atomic mass is 32.1. The van der Waals surface area contributed by atoms with Gasteiger partial charge in [0.2, 0.25) is 5.88 Å². The Labute approximate surface area is 227 Å². The fourth-order valence-corrected chi connectivity index (χ4v) is 4.65. The van der Waals surface area contributed by atoms with Crippen molar-refractivity contribution in [3.63, 3.8) is 0 Å². The smallest absolute Gasteiger partial charge is 0.343 e. The normalized spacial score (nSPS) is 10.6. The molecule has 0 atom stereocenters. The molecule has 39 heavy (non-hydrogen) atoms. The second kappa shape index (κ2) is 11.7. The monoisotopic (exact) mass is 551 g/mol. The van der Waals surface area contributed by atoms with Crippen LogP contribution in [0.5, 0.6) is 5.88 Å². The quantitative estimate of drug-likeness (QED) is 0.311. The van der Waals surface area contributed by atoms with E-state index in [-0.39, 0.29) is 22.8 Å². The minimum absolute atomic E-state index is 0.0243. The Balaban J connectivity index is 1.99. The number of thiazole rings is 1. The maximum absolute atomic E-state index is 13.2. The minimum atomic E-state index is -0.751. The van der Waals surface area contributed by atoms with Gasteiger partial charge in [-0.1, -0.05) is 0 Å². The van der Waals surface area contributed by atoms with E-state index in [4.69, 9.17) is 19.2 Å². The maximum atomic E-state index is 13.2. The number of aromatic nitrogens is 5. The summed E-state index contributed by atoms with van der Waals surface area (Å²) in [7, 11) is 5.64. The first-order valence-electron chi connectivity index (χ1n) is 11.5. The molecule has 0 aliphatic heterocycles. The number of rotatable bonds is 8. The largest absolute Gasteiger partial charge is 0.480 e. The van der Waals surface area contributed by atoms with Crippen LogP contribution in [-0.4, -0.2) is 70.6 Å². The van der Waals surface area contributed by atoms with Crippen LogP contribution < -0.4 is 15.4 Å². The zero-order valence-electron chi connectivity index (χ0n) is 21.8. The van der Waals surface area contributed by atoms with Gasteiger partial charge in [0.05, 0.1) is 33.2 Å². The molecule has 0 radical (unpaired) electrons. The number of hydrogen-bond donors (Lipinski definition) is 2. The van der Waals surface area contributed by atoms with Crippen molar-refractivity contribution in [1.29, 1.82) is 0 Å². The van der Waals surface area contributed by atoms with Crippen LogP contribution in [0.25, 0.3) is 33.0 Å². The van der Waals surface area contributed by atoms with Gasteiger partial charge in [-0.25, -0.2) is 29.3 Å². The molecular formula is C25H25N7O6S. The van der Waals surface area contributed by atoms with Gasteiger partial charge in [0.1, 0.15) is 22.0 Å². The summed E-state index contributed by atoms with van der Waals surface area (Å²) in [6, 6.07) is 0.967. The highest BCUT2D eigenvalue weighted by molar-refractivity contribution is 7.13. The number of esters is 2. The van der Waals surface area contributed by atoms with Gasteiger partial charge in [-0.15, -0.1) is 11.3 Å². The van der Waals surface area contributed by atoms with Crippen LogP contribution >= 0.6 is 11.3 Å². The van der Waals surface area contributed by atoms with E-state index in [9.17, 15) is 14.4 Å². The van der Waals surface area contributed by atoms with Crippen molar-refractivity contribution >= 4 is 35.1 Å². The zero-order chi connectivity index (χ0) is 28.1. The van der Waals surface area contributed by atoms with Gasteiger partial charge in [-0.05, 0) is 13.0 Å². The summed E-state index contributed by atoms with van der Waals surface area (Å²) in [4.78, 5) is 51.4. The molecular weight excluding hydrogens is 526 g/mol. The molecule has 0 spiro atoms. The Morgan fingerprint density at radius 3 is 2.44 bits per heavy atom. The SMILES string of the molecule is CCNC(=O)Nc1ncc(-c2cnc(OC)c(C(=O)OC)c2)c(-c2nc(-c3cnn(C)c3)cs2)c1C(=O)OC. The lowest BCUT2D eigenvalue weighted by Crippen LogP contribution is -2.29. The first-order valence-corrected chi connectivity index (χ1v) is 12.4. The topological polar surface area (TPSA) is 159 Å². The number of ether oxygens (including phenoxy) is 3. The number of nitrogens with one attached hydrogen (secondary N) is 2. The van der Waals surface area contributed by atoms with Gasteiger partial charge in [0.25, 0.3) is 0 Å². The highest BCUT2D eigenvalue weighted by Gasteiger charge is 2.28. The van der Waals surface area contributed by atoms with E-state index in [1.807, 2.05) is 11.6 Å². The summed E-state index contributed by atoms with van der Waals surface area (Å²) < 4.78 is 16.8. The van der Waals surface area contributed by atoms with Crippen LogP contribution in [0, 0.1) is 0 Å². The molecule has 202 valence electrons. The van der Waals surface area contributed by atoms with Crippen molar-refractivity contribution < 1.29 is 28.6 Å². The van der Waals surface area contributed by atoms with Gasteiger partial charge >= 0.3 is 18.0 Å². The van der Waals surface area contributed by atoms with E-state index in [2.05, 4.69) is 25.7 Å². The summed E-state index contributed by atoms with van der Waals surface area (Å²) in [5.41, 5.74) is 2.60. The van der Waals surface area contributed by atoms with Crippen LogP contribution in [-0.2, 0) is 16.5 Å². The lowest BCUT2D eigenvalue weighted by molar-refractivity contribution is 0.0589. The number of aryl methyl sites for hydroxylation is 1. The molecule has 2 amide bonds. The van der Waals surface area contributed by atoms with Crippen LogP contribution in [0.1, 0.15) is 27.6 Å². The fourth-order valence-electron chi connectivity index (χ4n) is 3.75. The Morgan fingerprint density at radius 2 is 1.79 bits per heavy atom. The zero-order valence-corrected chi connectivity index (χ0v) is 22.6. The van der Waals surface area contributed by atoms with Gasteiger partial charge in [0, 0.05) is 59.8 Å². The molecule has 0 aromatic carbocycles. The molecule has 0 unspecified atom stereocenters. The van der Waals surface area contributed by atoms with Crippen molar-refractivity contribution in [3.8, 4) is 38.8 Å². The Morgan fingerprint density at radius 1 is 1.03 bits per heavy atom. The molecule has 13 nitrogen and oxygen atoms in total. The molecule has 0 saturated carbocycles. The molecule has 4 rings (SSSR count). The summed E-state index contributed by atoms with van der Waals surface area (Å²) in [5, 5.41) is 11.7. The molecule has 0 bridgehead atoms. The summed E-state index contributed by atoms with van der Waals surface area (Å²) >= 11 is 1.27. The van der Waals surface area contributed by atoms with Gasteiger partial charge in [-0.3, -0.25) is 10.00 Å². The first-order chi connectivity index (χ1) is 18.8. The summed E-state index contributed by atoms with van der Waals surface area (Å²) in [5.74, 6) is -1.37. The van der Waals surface area contributed by atoms with Crippen molar-refractivity contribution in [2.75, 3.05) is 33.2 Å². The van der Waals surface area contributed by atoms with E-state index >= 15 is 0 Å². The average molecular weight is 552 g/mol. The Bertz CT molecular complexity index is 1550. The number of pyridine rings is 2. The van der Waals surface area contributed by atoms with E-state index in [1.54, 1.807) is 24.9 Å². The molecule has 0 aliphatic carbocycles. The molecule has 2 N–H and O–H groups in total. The van der Waals surface area contributed by atoms with Crippen molar-refractivity contribution in [3.05, 3.63) is 47.4 Å². The van der Waals surface area contributed by atoms with Crippen LogP contribution in [0.4, 0.5) is 10.6 Å². The standard InChI is InChI=1S/C25H25N7O6S/c1-6-26-25(35)31-20-19(24(34)38-5)18(22-30-17(12-39-22)14-9-29-32(2)11-14)16(10-27-20)13-7-15(23(33)37-4)21(36-3)28-8-13/h7-12H,6H2,1-5H3,(H2,26,27,31,35). The predicted octanol–water partition coefficient (Wildman–Crippen LogP) is 3.39. The average Bonchev–Trinajstić information content (AvgIpc) is 3.61. The molecule has 0 saturated heterocycles. The molecule has 14 heteroatoms. The van der Waals surface area contributed by atoms with Crippen LogP contribution in [0.2, 0.25) is 0 Å². The maximum Gasteiger partial charge on any atom is 0.343 e. The lowest BCUT2D eigenvalue weighted by Gasteiger charge is -2.17. The van der Waals surface area contributed by atoms with Crippen LogP contribution in [0.15, 0.2) is 36.2 Å². The van der Waals surface area contributed by atoms with Gasteiger partial charge in [0.15, 0.2) is 0 Å². The molecule has 4 aromatic rings. The van der Waals surface area contributed by atoms with Gasteiger partial charge < -0.3 is 19.5 Å². The molecule has 4 heterocycles. The molecule has 0 aliphatic rings. The Kier molecular flexibility index (Phi) is 8.15. The predicted molar refractivity (Wildman–Crippen MR) is 143 cm³/mol. The lowest BCUT2D eigenvalue weighted by atomic mass is 9.97. The highest BCUT2D eigenvalue weighted by Crippen LogP contribution is 2.41. The van der Waals surface area contributed by atoms with E-state index in [0.717, 1.165) is 5.56 Å². The van der Waals surface area contributed by atoms with Crippen molar-refractivity contribution in [2.24, 2.45) is 7.05 Å². The summed E-state index contributed by atoms with van der Waals surface area (Å²) in [6.07, 6.45) is 6.41. The second-order valence-corrected chi connectivity index (χ2v) is 8.82. The molecule has 0 fully saturated rings. The van der Waals surface area contributed by atoms with E-state index in [1.165, 1.54) is 51.1 Å². The number of amides is 2. The third kappa shape index (κ3) is 5.55. The Hall–Kier alpha value is -4.85. The number of hydrogen-bond acceptors (Lipinski definition) is 11. The molecule has 4 aromatic heterocycles. The fraction of sp³-hybridized carbons (Fsp3) is 0.240. The van der Waals surface area contributed by atoms with Gasteiger partial charge in [-0.2, -0.15) is 5.10 Å². The number of anilines is 1. The second-order valence-electron chi connectivity index (χ2n) is 7.96. The van der Waals surface area contributed by atoms with Crippen molar-refractivity contribution in [1.82, 2.24) is 30.0 Å². The van der Waals surface area contributed by atoms with E-state index in [0.29, 0.717) is 33.9 Å². The third-order valence-corrected chi connectivity index (χ3v) is 6.38. The summed E-state index contributed by atoms with van der Waals surface area (Å²) in [6.45, 7) is 2.12. The number of urea groups is 1. The first kappa shape index (κ1) is 27.2.